The summed E-state index contributed by atoms with van der Waals surface area (Å²) >= 11 is 1.60. The third-order valence-corrected chi connectivity index (χ3v) is 5.00. The van der Waals surface area contributed by atoms with Crippen LogP contribution in [0, 0.1) is 0 Å². The van der Waals surface area contributed by atoms with E-state index in [0.717, 1.165) is 12.2 Å². The van der Waals surface area contributed by atoms with Gasteiger partial charge in [0.15, 0.2) is 0 Å². The summed E-state index contributed by atoms with van der Waals surface area (Å²) in [5.74, 6) is -0.957. The number of nitrogens with two attached hydrogens (primary N) is 2. The maximum Gasteiger partial charge on any atom is 0.326 e. The molecule has 0 aromatic rings. The van der Waals surface area contributed by atoms with Crippen LogP contribution >= 0.6 is 11.8 Å². The molecule has 0 radical (unpaired) electrons. The van der Waals surface area contributed by atoms with Crippen molar-refractivity contribution in [3.05, 3.63) is 0 Å². The summed E-state index contributed by atoms with van der Waals surface area (Å²) in [6.45, 7) is 0.904. The molecule has 1 saturated heterocycles. The van der Waals surface area contributed by atoms with Crippen LogP contribution in [0.25, 0.3) is 0 Å². The molecular weight excluding hydrogens is 344 g/mol. The largest absolute Gasteiger partial charge is 0.480 e. The summed E-state index contributed by atoms with van der Waals surface area (Å²) in [4.78, 5) is 37.8. The van der Waals surface area contributed by atoms with E-state index in [1.54, 1.807) is 11.8 Å². The van der Waals surface area contributed by atoms with Crippen molar-refractivity contribution in [2.45, 2.75) is 56.7 Å². The second-order valence-corrected chi connectivity index (χ2v) is 7.25. The molecule has 0 bridgehead atoms. The van der Waals surface area contributed by atoms with Crippen molar-refractivity contribution in [3.8, 4) is 0 Å². The predicted molar refractivity (Wildman–Crippen MR) is 98.2 cm³/mol. The van der Waals surface area contributed by atoms with E-state index < -0.39 is 24.1 Å². The van der Waals surface area contributed by atoms with E-state index in [1.807, 2.05) is 6.26 Å². The second kappa shape index (κ2) is 11.3. The molecule has 1 aliphatic rings. The van der Waals surface area contributed by atoms with E-state index in [1.165, 1.54) is 4.90 Å². The lowest BCUT2D eigenvalue weighted by atomic mass is 10.1. The molecule has 1 fully saturated rings. The number of carbonyl (C=O) groups excluding carboxylic acids is 2. The van der Waals surface area contributed by atoms with Crippen LogP contribution in [0.15, 0.2) is 0 Å². The van der Waals surface area contributed by atoms with Crippen LogP contribution in [0.2, 0.25) is 0 Å². The van der Waals surface area contributed by atoms with E-state index in [9.17, 15) is 19.5 Å². The van der Waals surface area contributed by atoms with Crippen LogP contribution in [0.4, 0.5) is 0 Å². The number of hydrogen-bond acceptors (Lipinski definition) is 6. The number of nitrogens with zero attached hydrogens (tertiary/aromatic N) is 1. The van der Waals surface area contributed by atoms with Crippen molar-refractivity contribution in [1.82, 2.24) is 10.2 Å². The molecule has 1 aliphatic heterocycles. The van der Waals surface area contributed by atoms with Gasteiger partial charge < -0.3 is 26.8 Å². The van der Waals surface area contributed by atoms with Crippen LogP contribution in [-0.2, 0) is 14.4 Å². The summed E-state index contributed by atoms with van der Waals surface area (Å²) < 4.78 is 0. The van der Waals surface area contributed by atoms with Crippen molar-refractivity contribution >= 4 is 29.5 Å². The summed E-state index contributed by atoms with van der Waals surface area (Å²) in [6.07, 6.45) is 5.40. The number of aliphatic carboxylic acids is 1. The van der Waals surface area contributed by atoms with Crippen molar-refractivity contribution < 1.29 is 19.5 Å². The van der Waals surface area contributed by atoms with Crippen LogP contribution < -0.4 is 16.8 Å². The summed E-state index contributed by atoms with van der Waals surface area (Å²) in [6, 6.07) is -2.24. The molecule has 25 heavy (non-hydrogen) atoms. The lowest BCUT2D eigenvalue weighted by molar-refractivity contribution is -0.149. The molecule has 0 aromatic heterocycles. The molecule has 3 atom stereocenters. The Hall–Kier alpha value is -1.32. The van der Waals surface area contributed by atoms with E-state index in [0.29, 0.717) is 45.2 Å². The second-order valence-electron chi connectivity index (χ2n) is 6.26. The zero-order valence-electron chi connectivity index (χ0n) is 14.8. The number of hydrogen-bond donors (Lipinski definition) is 4. The van der Waals surface area contributed by atoms with Gasteiger partial charge in [0.05, 0.1) is 6.04 Å². The third kappa shape index (κ3) is 6.83. The average Bonchev–Trinajstić information content (AvgIpc) is 3.08. The molecule has 1 rings (SSSR count). The number of amides is 2. The summed E-state index contributed by atoms with van der Waals surface area (Å²) in [7, 11) is 0. The van der Waals surface area contributed by atoms with Crippen molar-refractivity contribution in [2.24, 2.45) is 11.5 Å². The topological polar surface area (TPSA) is 139 Å². The van der Waals surface area contributed by atoms with Gasteiger partial charge in [0.1, 0.15) is 12.1 Å². The minimum Gasteiger partial charge on any atom is -0.480 e. The fourth-order valence-electron chi connectivity index (χ4n) is 2.89. The summed E-state index contributed by atoms with van der Waals surface area (Å²) in [5, 5.41) is 12.0. The first kappa shape index (κ1) is 21.7. The van der Waals surface area contributed by atoms with Gasteiger partial charge in [0.2, 0.25) is 11.8 Å². The number of thioether (sulfide) groups is 1. The van der Waals surface area contributed by atoms with Gasteiger partial charge in [0.25, 0.3) is 0 Å². The predicted octanol–water partition coefficient (Wildman–Crippen LogP) is -0.244. The maximum atomic E-state index is 12.8. The normalized spacial score (nSPS) is 19.5. The third-order valence-electron chi connectivity index (χ3n) is 4.35. The Kier molecular flexibility index (Phi) is 9.84. The lowest BCUT2D eigenvalue weighted by Crippen LogP contribution is -2.54. The summed E-state index contributed by atoms with van der Waals surface area (Å²) in [5.41, 5.74) is 11.4. The smallest absolute Gasteiger partial charge is 0.326 e. The van der Waals surface area contributed by atoms with E-state index in [-0.39, 0.29) is 11.8 Å². The van der Waals surface area contributed by atoms with Crippen molar-refractivity contribution in [2.75, 3.05) is 25.1 Å². The molecule has 0 aromatic carbocycles. The minimum atomic E-state index is -1.01. The molecule has 0 saturated carbocycles. The molecule has 0 unspecified atom stereocenters. The van der Waals surface area contributed by atoms with E-state index >= 15 is 0 Å². The Bertz CT molecular complexity index is 463. The number of likely N-dealkylation sites (tertiary alicyclic amines) is 1. The maximum absolute atomic E-state index is 12.8. The molecule has 144 valence electrons. The quantitative estimate of drug-likeness (QED) is 0.366. The van der Waals surface area contributed by atoms with E-state index in [4.69, 9.17) is 11.5 Å². The van der Waals surface area contributed by atoms with E-state index in [2.05, 4.69) is 5.32 Å². The fraction of sp³-hybridized carbons (Fsp3) is 0.812. The molecule has 6 N–H and O–H groups in total. The number of unbranched alkanes of at least 4 members (excludes halogenated alkanes) is 1. The molecule has 1 heterocycles. The molecule has 0 spiro atoms. The van der Waals surface area contributed by atoms with Gasteiger partial charge in [-0.3, -0.25) is 9.59 Å². The number of carboxylic acids is 1. The van der Waals surface area contributed by atoms with Gasteiger partial charge in [-0.15, -0.1) is 0 Å². The fourth-order valence-corrected chi connectivity index (χ4v) is 3.38. The Balaban J connectivity index is 2.75. The SMILES string of the molecule is CSCC[C@H](N)C(=O)N[C@@H](CCCCN)C(=O)N1CCC[C@@H]1C(=O)O. The number of carboxylic acid groups (broad SMARTS) is 1. The number of rotatable bonds is 11. The van der Waals surface area contributed by atoms with Gasteiger partial charge >= 0.3 is 5.97 Å². The number of nitrogens with one attached hydrogen (secondary N) is 1. The molecule has 9 heteroatoms. The molecule has 2 amide bonds. The van der Waals surface area contributed by atoms with Gasteiger partial charge in [-0.25, -0.2) is 4.79 Å². The highest BCUT2D eigenvalue weighted by Crippen LogP contribution is 2.20. The monoisotopic (exact) mass is 374 g/mol. The highest BCUT2D eigenvalue weighted by atomic mass is 32.2. The van der Waals surface area contributed by atoms with Crippen LogP contribution in [0.3, 0.4) is 0 Å². The minimum absolute atomic E-state index is 0.340. The van der Waals surface area contributed by atoms with Crippen LogP contribution in [-0.4, -0.2) is 71.0 Å². The van der Waals surface area contributed by atoms with Gasteiger partial charge in [0, 0.05) is 6.54 Å². The first-order chi connectivity index (χ1) is 11.9. The lowest BCUT2D eigenvalue weighted by Gasteiger charge is -2.28. The average molecular weight is 375 g/mol. The standard InChI is InChI=1S/C16H30N4O4S/c1-25-10-7-11(18)14(21)19-12(5-2-3-8-17)15(22)20-9-4-6-13(20)16(23)24/h11-13H,2-10,17-18H2,1H3,(H,19,21)(H,23,24)/t11-,12-,13+/m0/s1. The Morgan fingerprint density at radius 3 is 2.64 bits per heavy atom. The Morgan fingerprint density at radius 2 is 2.04 bits per heavy atom. The van der Waals surface area contributed by atoms with Crippen molar-refractivity contribution in [1.29, 1.82) is 0 Å². The van der Waals surface area contributed by atoms with Crippen LogP contribution in [0.1, 0.15) is 38.5 Å². The van der Waals surface area contributed by atoms with Crippen LogP contribution in [0.5, 0.6) is 0 Å². The molecule has 0 aliphatic carbocycles. The zero-order chi connectivity index (χ0) is 18.8. The highest BCUT2D eigenvalue weighted by molar-refractivity contribution is 7.98. The zero-order valence-corrected chi connectivity index (χ0v) is 15.6. The molecule has 8 nitrogen and oxygen atoms in total. The Labute approximate surface area is 153 Å². The highest BCUT2D eigenvalue weighted by Gasteiger charge is 2.37. The van der Waals surface area contributed by atoms with Gasteiger partial charge in [-0.1, -0.05) is 0 Å². The van der Waals surface area contributed by atoms with Gasteiger partial charge in [-0.2, -0.15) is 11.8 Å². The number of carbonyl (C=O) groups is 3. The first-order valence-corrected chi connectivity index (χ1v) is 10.1. The van der Waals surface area contributed by atoms with Crippen molar-refractivity contribution in [3.63, 3.8) is 0 Å². The Morgan fingerprint density at radius 1 is 1.32 bits per heavy atom. The van der Waals surface area contributed by atoms with Gasteiger partial charge in [-0.05, 0) is 57.1 Å². The first-order valence-electron chi connectivity index (χ1n) is 8.70. The molecular formula is C16H30N4O4S.